The molecule has 3 nitrogen and oxygen atoms in total. The lowest BCUT2D eigenvalue weighted by Crippen LogP contribution is -2.30. The maximum Gasteiger partial charge on any atom is 0.237 e. The van der Waals surface area contributed by atoms with E-state index in [0.29, 0.717) is 0 Å². The molecule has 0 aromatic rings. The number of nitrogens with two attached hydrogens (primary N) is 1. The Hall–Kier alpha value is -0.280. The zero-order valence-corrected chi connectivity index (χ0v) is 6.07. The number of hydrogen-bond donors (Lipinski definition) is 2. The Balaban J connectivity index is 0.000000640. The number of nitrogens with one attached hydrogen (secondary N) is 1. The van der Waals surface area contributed by atoms with Crippen LogP contribution in [0.3, 0.4) is 0 Å². The summed E-state index contributed by atoms with van der Waals surface area (Å²) in [5.74, 6) is -0.0162. The Morgan fingerprint density at radius 2 is 2.33 bits per heavy atom. The molecule has 1 fully saturated rings. The Labute approximate surface area is 60.4 Å². The molecule has 1 saturated heterocycles. The standard InChI is InChI=1S/C5H10N2O.ClH/c1-3-2-4(6)5(8)7-3;/h3-4H,2,6H2,1H3,(H,7,8);1H/t3-,4+;/m0./s1. The highest BCUT2D eigenvalue weighted by molar-refractivity contribution is 5.85. The van der Waals surface area contributed by atoms with Gasteiger partial charge < -0.3 is 11.1 Å². The minimum Gasteiger partial charge on any atom is -0.352 e. The molecule has 0 saturated carbocycles. The fourth-order valence-electron chi connectivity index (χ4n) is 0.897. The van der Waals surface area contributed by atoms with Gasteiger partial charge in [0.1, 0.15) is 0 Å². The van der Waals surface area contributed by atoms with Gasteiger partial charge in [0.05, 0.1) is 6.04 Å². The van der Waals surface area contributed by atoms with E-state index in [1.54, 1.807) is 0 Å². The van der Waals surface area contributed by atoms with Gasteiger partial charge in [-0.1, -0.05) is 0 Å². The van der Waals surface area contributed by atoms with Crippen molar-refractivity contribution in [1.29, 1.82) is 0 Å². The second-order valence-corrected chi connectivity index (χ2v) is 2.25. The van der Waals surface area contributed by atoms with Crippen molar-refractivity contribution in [3.63, 3.8) is 0 Å². The number of rotatable bonds is 0. The van der Waals surface area contributed by atoms with Crippen molar-refractivity contribution in [2.75, 3.05) is 0 Å². The van der Waals surface area contributed by atoms with Crippen molar-refractivity contribution >= 4 is 18.3 Å². The Morgan fingerprint density at radius 1 is 1.78 bits per heavy atom. The summed E-state index contributed by atoms with van der Waals surface area (Å²) >= 11 is 0. The van der Waals surface area contributed by atoms with Crippen LogP contribution in [0.2, 0.25) is 0 Å². The highest BCUT2D eigenvalue weighted by Gasteiger charge is 2.24. The molecule has 0 spiro atoms. The Kier molecular flexibility index (Phi) is 2.94. The fraction of sp³-hybridized carbons (Fsp3) is 0.800. The van der Waals surface area contributed by atoms with E-state index >= 15 is 0 Å². The third-order valence-electron chi connectivity index (χ3n) is 1.33. The molecule has 2 atom stereocenters. The summed E-state index contributed by atoms with van der Waals surface area (Å²) in [5.41, 5.74) is 5.36. The lowest BCUT2D eigenvalue weighted by Gasteiger charge is -1.95. The summed E-state index contributed by atoms with van der Waals surface area (Å²) in [5, 5.41) is 2.70. The third kappa shape index (κ3) is 1.84. The first kappa shape index (κ1) is 8.72. The van der Waals surface area contributed by atoms with Crippen LogP contribution in [0.1, 0.15) is 13.3 Å². The van der Waals surface area contributed by atoms with Gasteiger partial charge in [-0.15, -0.1) is 12.4 Å². The number of carbonyl (C=O) groups is 1. The topological polar surface area (TPSA) is 55.1 Å². The molecule has 0 aliphatic carbocycles. The minimum atomic E-state index is -0.259. The van der Waals surface area contributed by atoms with Gasteiger partial charge in [0, 0.05) is 6.04 Å². The highest BCUT2D eigenvalue weighted by Crippen LogP contribution is 2.03. The fourth-order valence-corrected chi connectivity index (χ4v) is 0.897. The van der Waals surface area contributed by atoms with Gasteiger partial charge in [0.15, 0.2) is 0 Å². The van der Waals surface area contributed by atoms with E-state index in [-0.39, 0.29) is 30.4 Å². The first-order valence-corrected chi connectivity index (χ1v) is 2.76. The van der Waals surface area contributed by atoms with Crippen molar-refractivity contribution in [2.24, 2.45) is 5.73 Å². The first-order valence-electron chi connectivity index (χ1n) is 2.76. The van der Waals surface area contributed by atoms with Crippen molar-refractivity contribution in [3.05, 3.63) is 0 Å². The van der Waals surface area contributed by atoms with Crippen molar-refractivity contribution in [2.45, 2.75) is 25.4 Å². The van der Waals surface area contributed by atoms with Gasteiger partial charge >= 0.3 is 0 Å². The van der Waals surface area contributed by atoms with Crippen molar-refractivity contribution in [1.82, 2.24) is 5.32 Å². The molecule has 0 unspecified atom stereocenters. The maximum atomic E-state index is 10.5. The molecule has 1 amide bonds. The van der Waals surface area contributed by atoms with Crippen molar-refractivity contribution in [3.8, 4) is 0 Å². The molecule has 0 aromatic heterocycles. The van der Waals surface area contributed by atoms with Crippen LogP contribution >= 0.6 is 12.4 Å². The quantitative estimate of drug-likeness (QED) is 0.496. The van der Waals surface area contributed by atoms with Crippen LogP contribution in [0.15, 0.2) is 0 Å². The van der Waals surface area contributed by atoms with Crippen LogP contribution in [0, 0.1) is 0 Å². The summed E-state index contributed by atoms with van der Waals surface area (Å²) in [7, 11) is 0. The second-order valence-electron chi connectivity index (χ2n) is 2.25. The van der Waals surface area contributed by atoms with E-state index in [1.807, 2.05) is 6.92 Å². The monoisotopic (exact) mass is 150 g/mol. The first-order chi connectivity index (χ1) is 3.70. The van der Waals surface area contributed by atoms with Crippen LogP contribution in [0.4, 0.5) is 0 Å². The molecule has 1 heterocycles. The smallest absolute Gasteiger partial charge is 0.237 e. The molecule has 3 N–H and O–H groups in total. The van der Waals surface area contributed by atoms with Crippen LogP contribution < -0.4 is 11.1 Å². The number of carbonyl (C=O) groups excluding carboxylic acids is 1. The summed E-state index contributed by atoms with van der Waals surface area (Å²) in [6.07, 6.45) is 0.777. The maximum absolute atomic E-state index is 10.5. The largest absolute Gasteiger partial charge is 0.352 e. The van der Waals surface area contributed by atoms with Crippen LogP contribution in [-0.2, 0) is 4.79 Å². The van der Waals surface area contributed by atoms with E-state index in [9.17, 15) is 4.79 Å². The van der Waals surface area contributed by atoms with E-state index < -0.39 is 0 Å². The van der Waals surface area contributed by atoms with Gasteiger partial charge in [-0.3, -0.25) is 4.79 Å². The zero-order chi connectivity index (χ0) is 6.15. The lowest BCUT2D eigenvalue weighted by molar-refractivity contribution is -0.120. The summed E-state index contributed by atoms with van der Waals surface area (Å²) in [6, 6.07) is 0.0162. The van der Waals surface area contributed by atoms with Gasteiger partial charge in [-0.05, 0) is 13.3 Å². The average Bonchev–Trinajstić information content (AvgIpc) is 1.85. The Bertz CT molecular complexity index is 118. The van der Waals surface area contributed by atoms with E-state index in [2.05, 4.69) is 5.32 Å². The van der Waals surface area contributed by atoms with Crippen LogP contribution in [-0.4, -0.2) is 18.0 Å². The highest BCUT2D eigenvalue weighted by atomic mass is 35.5. The number of halogens is 1. The molecule has 0 radical (unpaired) electrons. The SMILES string of the molecule is C[C@H]1C[C@@H](N)C(=O)N1.Cl. The van der Waals surface area contributed by atoms with Gasteiger partial charge in [0.25, 0.3) is 0 Å². The summed E-state index contributed by atoms with van der Waals surface area (Å²) in [6.45, 7) is 1.95. The summed E-state index contributed by atoms with van der Waals surface area (Å²) in [4.78, 5) is 10.5. The molecule has 1 aliphatic rings. The molecule has 0 bridgehead atoms. The average molecular weight is 151 g/mol. The molecule has 1 rings (SSSR count). The Morgan fingerprint density at radius 3 is 2.44 bits per heavy atom. The number of hydrogen-bond acceptors (Lipinski definition) is 2. The minimum absolute atomic E-state index is 0. The number of amides is 1. The molecular weight excluding hydrogens is 140 g/mol. The van der Waals surface area contributed by atoms with E-state index in [1.165, 1.54) is 0 Å². The van der Waals surface area contributed by atoms with Gasteiger partial charge in [-0.25, -0.2) is 0 Å². The normalized spacial score (nSPS) is 33.3. The predicted molar refractivity (Wildman–Crippen MR) is 37.4 cm³/mol. The molecule has 1 aliphatic heterocycles. The van der Waals surface area contributed by atoms with Gasteiger partial charge in [0.2, 0.25) is 5.91 Å². The molecule has 54 valence electrons. The second kappa shape index (κ2) is 3.03. The van der Waals surface area contributed by atoms with Crippen LogP contribution in [0.25, 0.3) is 0 Å². The van der Waals surface area contributed by atoms with Crippen LogP contribution in [0.5, 0.6) is 0 Å². The molecule has 0 aromatic carbocycles. The summed E-state index contributed by atoms with van der Waals surface area (Å²) < 4.78 is 0. The van der Waals surface area contributed by atoms with E-state index in [0.717, 1.165) is 6.42 Å². The third-order valence-corrected chi connectivity index (χ3v) is 1.33. The lowest BCUT2D eigenvalue weighted by atomic mass is 10.2. The molecule has 9 heavy (non-hydrogen) atoms. The molecular formula is C5H11ClN2O. The zero-order valence-electron chi connectivity index (χ0n) is 5.26. The van der Waals surface area contributed by atoms with E-state index in [4.69, 9.17) is 5.73 Å². The van der Waals surface area contributed by atoms with Crippen molar-refractivity contribution < 1.29 is 4.79 Å². The molecule has 4 heteroatoms. The predicted octanol–water partition coefficient (Wildman–Crippen LogP) is -0.356. The van der Waals surface area contributed by atoms with Gasteiger partial charge in [-0.2, -0.15) is 0 Å².